The minimum absolute atomic E-state index is 0.130. The Morgan fingerprint density at radius 3 is 2.57 bits per heavy atom. The highest BCUT2D eigenvalue weighted by Crippen LogP contribution is 2.69. The minimum Gasteiger partial charge on any atom is -0.389 e. The van der Waals surface area contributed by atoms with Crippen molar-refractivity contribution in [3.63, 3.8) is 0 Å². The van der Waals surface area contributed by atoms with Crippen LogP contribution in [-0.2, 0) is 5.60 Å². The molecule has 7 atom stereocenters. The van der Waals surface area contributed by atoms with E-state index in [2.05, 4.69) is 61.4 Å². The van der Waals surface area contributed by atoms with Crippen LogP contribution in [-0.4, -0.2) is 27.8 Å². The average molecular weight is 493 g/mol. The number of thiazole rings is 1. The molecule has 3 fully saturated rings. The van der Waals surface area contributed by atoms with Crippen molar-refractivity contribution in [1.82, 2.24) is 4.98 Å². The van der Waals surface area contributed by atoms with Gasteiger partial charge in [-0.1, -0.05) is 43.7 Å². The fraction of sp³-hybridized carbons (Fsp3) is 0.633. The Morgan fingerprint density at radius 1 is 1.03 bits per heavy atom. The smallest absolute Gasteiger partial charge is 0.190 e. The third kappa shape index (κ3) is 3.41. The van der Waals surface area contributed by atoms with Crippen LogP contribution in [0.1, 0.15) is 77.8 Å². The number of anilines is 2. The van der Waals surface area contributed by atoms with Crippen molar-refractivity contribution >= 4 is 22.2 Å². The van der Waals surface area contributed by atoms with Crippen LogP contribution in [0.15, 0.2) is 47.4 Å². The van der Waals surface area contributed by atoms with Gasteiger partial charge in [0, 0.05) is 23.0 Å². The van der Waals surface area contributed by atoms with Crippen LogP contribution in [0.5, 0.6) is 0 Å². The number of benzene rings is 1. The quantitative estimate of drug-likeness (QED) is 0.460. The van der Waals surface area contributed by atoms with Crippen LogP contribution in [0.25, 0.3) is 0 Å². The van der Waals surface area contributed by atoms with Crippen molar-refractivity contribution in [2.45, 2.75) is 83.8 Å². The van der Waals surface area contributed by atoms with Gasteiger partial charge in [-0.15, -0.1) is 11.3 Å². The number of nitrogens with zero attached hydrogens (tertiary/aromatic N) is 2. The first-order valence-corrected chi connectivity index (χ1v) is 14.6. The van der Waals surface area contributed by atoms with Gasteiger partial charge in [-0.3, -0.25) is 0 Å². The molecule has 0 amide bonds. The summed E-state index contributed by atoms with van der Waals surface area (Å²) >= 11 is 1.66. The molecule has 1 aromatic carbocycles. The van der Waals surface area contributed by atoms with E-state index >= 15 is 0 Å². The van der Waals surface area contributed by atoms with Gasteiger partial charge in [0.05, 0.1) is 11.8 Å². The molecule has 6 rings (SSSR count). The lowest BCUT2D eigenvalue weighted by Gasteiger charge is -2.59. The number of hydrogen-bond donors (Lipinski definition) is 2. The van der Waals surface area contributed by atoms with E-state index in [-0.39, 0.29) is 16.9 Å². The van der Waals surface area contributed by atoms with E-state index in [0.717, 1.165) is 61.6 Å². The molecule has 2 N–H and O–H groups in total. The number of aliphatic hydroxyl groups excluding tert-OH is 1. The van der Waals surface area contributed by atoms with Crippen LogP contribution in [0.2, 0.25) is 0 Å². The van der Waals surface area contributed by atoms with E-state index in [1.165, 1.54) is 18.4 Å². The summed E-state index contributed by atoms with van der Waals surface area (Å²) in [5.74, 6) is 1.88. The summed E-state index contributed by atoms with van der Waals surface area (Å²) < 4.78 is 0. The van der Waals surface area contributed by atoms with Crippen LogP contribution in [0, 0.1) is 28.6 Å². The van der Waals surface area contributed by atoms with E-state index in [1.807, 2.05) is 6.07 Å². The van der Waals surface area contributed by atoms with Gasteiger partial charge in [-0.05, 0) is 93.6 Å². The largest absolute Gasteiger partial charge is 0.389 e. The van der Waals surface area contributed by atoms with E-state index < -0.39 is 5.60 Å². The summed E-state index contributed by atoms with van der Waals surface area (Å²) in [4.78, 5) is 7.34. The molecule has 0 spiro atoms. The summed E-state index contributed by atoms with van der Waals surface area (Å²) in [6.07, 6.45) is 10.4. The first-order valence-electron chi connectivity index (χ1n) is 13.7. The number of para-hydroxylation sites is 1. The number of fused-ring (bicyclic) bond motifs is 5. The van der Waals surface area contributed by atoms with Gasteiger partial charge in [0.2, 0.25) is 0 Å². The monoisotopic (exact) mass is 492 g/mol. The van der Waals surface area contributed by atoms with Crippen LogP contribution in [0.3, 0.4) is 0 Å². The molecule has 1 aromatic heterocycles. The normalized spacial score (nSPS) is 40.4. The third-order valence-corrected chi connectivity index (χ3v) is 11.6. The van der Waals surface area contributed by atoms with E-state index in [0.29, 0.717) is 17.8 Å². The molecule has 4 aliphatic rings. The van der Waals surface area contributed by atoms with Crippen LogP contribution >= 0.6 is 11.3 Å². The molecule has 0 bridgehead atoms. The maximum atomic E-state index is 12.4. The zero-order valence-corrected chi connectivity index (χ0v) is 22.2. The fourth-order valence-electron chi connectivity index (χ4n) is 8.76. The highest BCUT2D eigenvalue weighted by molar-refractivity contribution is 7.13. The molecule has 4 nitrogen and oxygen atoms in total. The lowest BCUT2D eigenvalue weighted by molar-refractivity contribution is -0.134. The molecule has 0 radical (unpaired) electrons. The second-order valence-electron chi connectivity index (χ2n) is 12.1. The summed E-state index contributed by atoms with van der Waals surface area (Å²) in [6.45, 7) is 7.85. The van der Waals surface area contributed by atoms with Crippen molar-refractivity contribution in [2.75, 3.05) is 11.4 Å². The Morgan fingerprint density at radius 2 is 1.80 bits per heavy atom. The zero-order chi connectivity index (χ0) is 24.4. The standard InChI is InChI=1S/C30H40N2O2S/c1-4-32(21-8-6-5-7-9-21)27-31-26(19-35-27)30(34)17-14-25-23-11-10-20-18-22(33)12-15-28(20,2)24(23)13-16-29(25,30)3/h5-9,18-19,22-25,33-34H,4,10-17H2,1-3H3. The molecular formula is C30H40N2O2S. The zero-order valence-electron chi connectivity index (χ0n) is 21.4. The molecule has 0 saturated heterocycles. The summed E-state index contributed by atoms with van der Waals surface area (Å²) in [5.41, 5.74) is 2.80. The second-order valence-corrected chi connectivity index (χ2v) is 12.9. The van der Waals surface area contributed by atoms with Gasteiger partial charge in [0.1, 0.15) is 5.60 Å². The molecule has 0 aliphatic heterocycles. The van der Waals surface area contributed by atoms with E-state index in [1.54, 1.807) is 11.3 Å². The molecule has 4 aliphatic carbocycles. The first-order chi connectivity index (χ1) is 16.8. The Kier molecular flexibility index (Phi) is 5.70. The Bertz CT molecular complexity index is 1110. The van der Waals surface area contributed by atoms with Crippen molar-refractivity contribution in [1.29, 1.82) is 0 Å². The highest BCUT2D eigenvalue weighted by Gasteiger charge is 2.65. The summed E-state index contributed by atoms with van der Waals surface area (Å²) in [6, 6.07) is 10.4. The number of aromatic nitrogens is 1. The number of aliphatic hydroxyl groups is 2. The number of allylic oxidation sites excluding steroid dienone is 1. The van der Waals surface area contributed by atoms with E-state index in [4.69, 9.17) is 4.98 Å². The molecule has 7 unspecified atom stereocenters. The molecule has 2 aromatic rings. The predicted octanol–water partition coefficient (Wildman–Crippen LogP) is 6.81. The second kappa shape index (κ2) is 8.43. The topological polar surface area (TPSA) is 56.6 Å². The van der Waals surface area contributed by atoms with Crippen molar-refractivity contribution in [3.05, 3.63) is 53.1 Å². The SMILES string of the molecule is CCN(c1ccccc1)c1nc(C2(O)CCC3C4CCC5=CC(O)CCC5(C)C4CCC32C)cs1. The number of rotatable bonds is 4. The van der Waals surface area contributed by atoms with Gasteiger partial charge in [-0.25, -0.2) is 4.98 Å². The number of hydrogen-bond acceptors (Lipinski definition) is 5. The van der Waals surface area contributed by atoms with Crippen molar-refractivity contribution < 1.29 is 10.2 Å². The van der Waals surface area contributed by atoms with Gasteiger partial charge in [0.25, 0.3) is 0 Å². The minimum atomic E-state index is -0.854. The highest BCUT2D eigenvalue weighted by atomic mass is 32.1. The maximum Gasteiger partial charge on any atom is 0.190 e. The Labute approximate surface area is 214 Å². The average Bonchev–Trinajstić information content (AvgIpc) is 3.45. The molecule has 5 heteroatoms. The summed E-state index contributed by atoms with van der Waals surface area (Å²) in [7, 11) is 0. The molecule has 35 heavy (non-hydrogen) atoms. The van der Waals surface area contributed by atoms with Gasteiger partial charge in [-0.2, -0.15) is 0 Å². The third-order valence-electron chi connectivity index (χ3n) is 10.8. The van der Waals surface area contributed by atoms with Crippen LogP contribution in [0.4, 0.5) is 10.8 Å². The lowest BCUT2D eigenvalue weighted by atomic mass is 9.46. The summed E-state index contributed by atoms with van der Waals surface area (Å²) in [5, 5.41) is 25.7. The van der Waals surface area contributed by atoms with Crippen LogP contribution < -0.4 is 4.90 Å². The predicted molar refractivity (Wildman–Crippen MR) is 143 cm³/mol. The first kappa shape index (κ1) is 23.7. The van der Waals surface area contributed by atoms with Gasteiger partial charge >= 0.3 is 0 Å². The molecule has 3 saturated carbocycles. The van der Waals surface area contributed by atoms with Gasteiger partial charge in [0.15, 0.2) is 5.13 Å². The maximum absolute atomic E-state index is 12.4. The molecular weight excluding hydrogens is 452 g/mol. The fourth-order valence-corrected chi connectivity index (χ4v) is 9.74. The Hall–Kier alpha value is -1.69. The molecule has 1 heterocycles. The van der Waals surface area contributed by atoms with Crippen molar-refractivity contribution in [2.24, 2.45) is 28.6 Å². The molecule has 188 valence electrons. The van der Waals surface area contributed by atoms with Gasteiger partial charge < -0.3 is 15.1 Å². The van der Waals surface area contributed by atoms with E-state index in [9.17, 15) is 10.2 Å². The Balaban J connectivity index is 1.30. The lowest BCUT2D eigenvalue weighted by Crippen LogP contribution is -2.54. The van der Waals surface area contributed by atoms with Crippen molar-refractivity contribution in [3.8, 4) is 0 Å².